The third-order valence-corrected chi connectivity index (χ3v) is 3.77. The Bertz CT molecular complexity index is 334. The Morgan fingerprint density at radius 2 is 2.05 bits per heavy atom. The smallest absolute Gasteiger partial charge is 0.310 e. The number of rotatable bonds is 8. The first-order chi connectivity index (χ1) is 9.05. The van der Waals surface area contributed by atoms with Crippen molar-refractivity contribution in [2.45, 2.75) is 32.1 Å². The van der Waals surface area contributed by atoms with Gasteiger partial charge in [0.2, 0.25) is 5.91 Å². The Kier molecular flexibility index (Phi) is 6.02. The first-order valence-electron chi connectivity index (χ1n) is 6.67. The number of ether oxygens (including phenoxy) is 1. The summed E-state index contributed by atoms with van der Waals surface area (Å²) >= 11 is 0. The number of carboxylic acid groups (broad SMARTS) is 1. The Hall–Kier alpha value is -1.36. The zero-order valence-electron chi connectivity index (χ0n) is 11.6. The van der Waals surface area contributed by atoms with Crippen LogP contribution >= 0.6 is 0 Å². The van der Waals surface area contributed by atoms with E-state index in [0.29, 0.717) is 32.5 Å². The third-order valence-electron chi connectivity index (χ3n) is 3.77. The summed E-state index contributed by atoms with van der Waals surface area (Å²) < 4.78 is 4.97. The number of carbonyl (C=O) groups excluding carboxylic acids is 1. The van der Waals surface area contributed by atoms with Crippen LogP contribution in [0.5, 0.6) is 0 Å². The molecule has 0 aliphatic heterocycles. The Balaban J connectivity index is 2.68. The molecule has 0 bridgehead atoms. The number of methoxy groups -OCH3 is 1. The summed E-state index contributed by atoms with van der Waals surface area (Å²) in [4.78, 5) is 25.3. The maximum atomic E-state index is 12.3. The fraction of sp³-hybridized carbons (Fsp3) is 0.714. The van der Waals surface area contributed by atoms with E-state index in [4.69, 9.17) is 4.74 Å². The molecule has 1 amide bonds. The molecular formula is C14H23NO4. The predicted molar refractivity (Wildman–Crippen MR) is 71.8 cm³/mol. The summed E-state index contributed by atoms with van der Waals surface area (Å²) in [6, 6.07) is 0. The van der Waals surface area contributed by atoms with Crippen molar-refractivity contribution in [2.24, 2.45) is 5.41 Å². The van der Waals surface area contributed by atoms with Gasteiger partial charge in [-0.05, 0) is 12.8 Å². The number of hydrogen-bond donors (Lipinski definition) is 1. The molecule has 0 spiro atoms. The minimum absolute atomic E-state index is 0.0832. The number of hydrogen-bond acceptors (Lipinski definition) is 3. The molecule has 19 heavy (non-hydrogen) atoms. The summed E-state index contributed by atoms with van der Waals surface area (Å²) in [5.41, 5.74) is -0.858. The van der Waals surface area contributed by atoms with Gasteiger partial charge in [0, 0.05) is 26.6 Å². The maximum absolute atomic E-state index is 12.3. The largest absolute Gasteiger partial charge is 0.481 e. The number of amides is 1. The highest BCUT2D eigenvalue weighted by Crippen LogP contribution is 2.41. The van der Waals surface area contributed by atoms with E-state index in [1.165, 1.54) is 0 Å². The first-order valence-corrected chi connectivity index (χ1v) is 6.67. The zero-order chi connectivity index (χ0) is 14.3. The van der Waals surface area contributed by atoms with Crippen LogP contribution in [-0.2, 0) is 14.3 Å². The molecule has 1 saturated carbocycles. The molecule has 1 N–H and O–H groups in total. The first kappa shape index (κ1) is 15.7. The normalized spacial score (nSPS) is 17.1. The summed E-state index contributed by atoms with van der Waals surface area (Å²) in [5, 5.41) is 9.38. The van der Waals surface area contributed by atoms with Crippen LogP contribution in [0.4, 0.5) is 0 Å². The molecular weight excluding hydrogens is 246 g/mol. The zero-order valence-corrected chi connectivity index (χ0v) is 11.6. The Labute approximate surface area is 114 Å². The highest BCUT2D eigenvalue weighted by molar-refractivity contribution is 5.85. The van der Waals surface area contributed by atoms with E-state index in [9.17, 15) is 14.7 Å². The second-order valence-electron chi connectivity index (χ2n) is 5.09. The van der Waals surface area contributed by atoms with Crippen LogP contribution in [0.2, 0.25) is 0 Å². The lowest BCUT2D eigenvalue weighted by atomic mass is 9.82. The molecule has 0 heterocycles. The molecule has 5 nitrogen and oxygen atoms in total. The van der Waals surface area contributed by atoms with Gasteiger partial charge in [-0.1, -0.05) is 18.9 Å². The number of carbonyl (C=O) groups is 2. The van der Waals surface area contributed by atoms with Crippen LogP contribution in [0.15, 0.2) is 12.7 Å². The molecule has 0 aromatic rings. The van der Waals surface area contributed by atoms with Gasteiger partial charge in [0.05, 0.1) is 12.0 Å². The average Bonchev–Trinajstić information content (AvgIpc) is 2.84. The van der Waals surface area contributed by atoms with Crippen molar-refractivity contribution < 1.29 is 19.4 Å². The average molecular weight is 269 g/mol. The molecule has 0 saturated heterocycles. The lowest BCUT2D eigenvalue weighted by molar-refractivity contribution is -0.153. The highest BCUT2D eigenvalue weighted by atomic mass is 16.5. The van der Waals surface area contributed by atoms with Gasteiger partial charge in [0.25, 0.3) is 0 Å². The molecule has 0 aromatic carbocycles. The summed E-state index contributed by atoms with van der Waals surface area (Å²) in [5.74, 6) is -0.968. The minimum Gasteiger partial charge on any atom is -0.481 e. The maximum Gasteiger partial charge on any atom is 0.310 e. The second-order valence-corrected chi connectivity index (χ2v) is 5.09. The SMILES string of the molecule is C=CCN(CCOC)C(=O)CC1(C(=O)O)CCCC1. The second kappa shape index (κ2) is 7.28. The van der Waals surface area contributed by atoms with E-state index >= 15 is 0 Å². The monoisotopic (exact) mass is 269 g/mol. The van der Waals surface area contributed by atoms with E-state index in [2.05, 4.69) is 6.58 Å². The summed E-state index contributed by atoms with van der Waals surface area (Å²) in [6.45, 7) is 4.97. The van der Waals surface area contributed by atoms with Gasteiger partial charge in [0.15, 0.2) is 0 Å². The minimum atomic E-state index is -0.858. The molecule has 5 heteroatoms. The third kappa shape index (κ3) is 4.06. The van der Waals surface area contributed by atoms with Crippen LogP contribution in [0, 0.1) is 5.41 Å². The van der Waals surface area contributed by atoms with Crippen LogP contribution in [0.1, 0.15) is 32.1 Å². The van der Waals surface area contributed by atoms with E-state index in [1.807, 2.05) is 0 Å². The lowest BCUT2D eigenvalue weighted by Gasteiger charge is -2.27. The van der Waals surface area contributed by atoms with Gasteiger partial charge < -0.3 is 14.7 Å². The molecule has 0 unspecified atom stereocenters. The van der Waals surface area contributed by atoms with Crippen LogP contribution in [0.25, 0.3) is 0 Å². The fourth-order valence-electron chi connectivity index (χ4n) is 2.59. The van der Waals surface area contributed by atoms with E-state index in [-0.39, 0.29) is 12.3 Å². The van der Waals surface area contributed by atoms with Gasteiger partial charge in [0.1, 0.15) is 0 Å². The molecule has 0 aromatic heterocycles. The molecule has 0 radical (unpaired) electrons. The molecule has 1 aliphatic carbocycles. The molecule has 1 aliphatic rings. The van der Waals surface area contributed by atoms with E-state index < -0.39 is 11.4 Å². The van der Waals surface area contributed by atoms with Crippen molar-refractivity contribution in [3.05, 3.63) is 12.7 Å². The van der Waals surface area contributed by atoms with Crippen molar-refractivity contribution in [1.29, 1.82) is 0 Å². The van der Waals surface area contributed by atoms with Gasteiger partial charge >= 0.3 is 5.97 Å². The van der Waals surface area contributed by atoms with Gasteiger partial charge in [-0.15, -0.1) is 6.58 Å². The molecule has 1 fully saturated rings. The van der Waals surface area contributed by atoms with Crippen molar-refractivity contribution in [3.8, 4) is 0 Å². The summed E-state index contributed by atoms with van der Waals surface area (Å²) in [6.07, 6.45) is 4.70. The van der Waals surface area contributed by atoms with Gasteiger partial charge in [-0.25, -0.2) is 0 Å². The standard InChI is InChI=1S/C14H23NO4/c1-3-8-15(9-10-19-2)12(16)11-14(13(17)18)6-4-5-7-14/h3H,1,4-11H2,2H3,(H,17,18). The number of aliphatic carboxylic acids is 1. The summed E-state index contributed by atoms with van der Waals surface area (Å²) in [7, 11) is 1.58. The van der Waals surface area contributed by atoms with Crippen LogP contribution in [-0.4, -0.2) is 48.7 Å². The number of carboxylic acids is 1. The van der Waals surface area contributed by atoms with Crippen molar-refractivity contribution in [1.82, 2.24) is 4.90 Å². The predicted octanol–water partition coefficient (Wildman–Crippen LogP) is 1.68. The Morgan fingerprint density at radius 1 is 1.42 bits per heavy atom. The van der Waals surface area contributed by atoms with Crippen molar-refractivity contribution in [2.75, 3.05) is 26.8 Å². The van der Waals surface area contributed by atoms with E-state index in [1.54, 1.807) is 18.1 Å². The topological polar surface area (TPSA) is 66.8 Å². The van der Waals surface area contributed by atoms with Crippen LogP contribution in [0.3, 0.4) is 0 Å². The van der Waals surface area contributed by atoms with Crippen molar-refractivity contribution in [3.63, 3.8) is 0 Å². The lowest BCUT2D eigenvalue weighted by Crippen LogP contribution is -2.40. The molecule has 108 valence electrons. The molecule has 1 rings (SSSR count). The van der Waals surface area contributed by atoms with Crippen molar-refractivity contribution >= 4 is 11.9 Å². The number of nitrogens with zero attached hydrogens (tertiary/aromatic N) is 1. The van der Waals surface area contributed by atoms with Gasteiger partial charge in [-0.3, -0.25) is 9.59 Å². The fourth-order valence-corrected chi connectivity index (χ4v) is 2.59. The van der Waals surface area contributed by atoms with E-state index in [0.717, 1.165) is 12.8 Å². The highest BCUT2D eigenvalue weighted by Gasteiger charge is 2.43. The quantitative estimate of drug-likeness (QED) is 0.681. The van der Waals surface area contributed by atoms with Gasteiger partial charge in [-0.2, -0.15) is 0 Å². The molecule has 0 atom stereocenters. The van der Waals surface area contributed by atoms with Crippen LogP contribution < -0.4 is 0 Å². The Morgan fingerprint density at radius 3 is 2.53 bits per heavy atom.